The maximum Gasteiger partial charge on any atom is -0.00204 e. The van der Waals surface area contributed by atoms with E-state index in [-0.39, 0.29) is 0 Å². The van der Waals surface area contributed by atoms with Gasteiger partial charge < -0.3 is 5.32 Å². The van der Waals surface area contributed by atoms with Gasteiger partial charge in [0.05, 0.1) is 0 Å². The van der Waals surface area contributed by atoms with Gasteiger partial charge in [-0.25, -0.2) is 0 Å². The summed E-state index contributed by atoms with van der Waals surface area (Å²) in [5.41, 5.74) is 0. The number of rotatable bonds is 18. The van der Waals surface area contributed by atoms with Crippen molar-refractivity contribution < 1.29 is 0 Å². The highest BCUT2D eigenvalue weighted by molar-refractivity contribution is 4.71. The van der Waals surface area contributed by atoms with Gasteiger partial charge in [-0.3, -0.25) is 0 Å². The minimum atomic E-state index is 0.876. The molecule has 0 heterocycles. The van der Waals surface area contributed by atoms with E-state index in [0.717, 1.165) is 23.7 Å². The molecule has 0 aliphatic carbocycles. The highest BCUT2D eigenvalue weighted by atomic mass is 14.9. The maximum atomic E-state index is 3.86. The molecule has 0 fully saturated rings. The van der Waals surface area contributed by atoms with E-state index in [1.807, 2.05) is 0 Å². The lowest BCUT2D eigenvalue weighted by atomic mass is 9.86. The van der Waals surface area contributed by atoms with E-state index in [1.54, 1.807) is 0 Å². The third-order valence-electron chi connectivity index (χ3n) is 6.44. The van der Waals surface area contributed by atoms with E-state index in [9.17, 15) is 0 Å². The number of hydrogen-bond acceptors (Lipinski definition) is 1. The minimum Gasteiger partial charge on any atom is -0.316 e. The van der Waals surface area contributed by atoms with Crippen LogP contribution in [0.1, 0.15) is 119 Å². The average molecular weight is 354 g/mol. The summed E-state index contributed by atoms with van der Waals surface area (Å²) in [4.78, 5) is 0. The Labute approximate surface area is 161 Å². The van der Waals surface area contributed by atoms with Crippen LogP contribution < -0.4 is 5.32 Å². The lowest BCUT2D eigenvalue weighted by molar-refractivity contribution is 0.292. The summed E-state index contributed by atoms with van der Waals surface area (Å²) < 4.78 is 0. The van der Waals surface area contributed by atoms with E-state index in [4.69, 9.17) is 0 Å². The molecule has 0 amide bonds. The summed E-state index contributed by atoms with van der Waals surface area (Å²) in [7, 11) is 0. The minimum absolute atomic E-state index is 0.876. The first-order chi connectivity index (χ1) is 12.1. The normalized spacial score (nSPS) is 16.6. The first-order valence-electron chi connectivity index (χ1n) is 11.8. The Hall–Kier alpha value is -0.0400. The lowest BCUT2D eigenvalue weighted by Crippen LogP contribution is -2.30. The van der Waals surface area contributed by atoms with Crippen molar-refractivity contribution in [3.63, 3.8) is 0 Å². The third-order valence-corrected chi connectivity index (χ3v) is 6.44. The molecule has 0 bridgehead atoms. The van der Waals surface area contributed by atoms with Gasteiger partial charge in [-0.05, 0) is 49.6 Å². The largest absolute Gasteiger partial charge is 0.316 e. The summed E-state index contributed by atoms with van der Waals surface area (Å²) in [6.45, 7) is 16.6. The van der Waals surface area contributed by atoms with E-state index in [0.29, 0.717) is 0 Å². The Balaban J connectivity index is 4.18. The van der Waals surface area contributed by atoms with Crippen LogP contribution in [0.4, 0.5) is 0 Å². The van der Waals surface area contributed by atoms with E-state index in [2.05, 4.69) is 46.9 Å². The zero-order valence-electron chi connectivity index (χ0n) is 18.7. The van der Waals surface area contributed by atoms with Gasteiger partial charge in [-0.15, -0.1) is 0 Å². The van der Waals surface area contributed by atoms with Crippen LogP contribution in [0.15, 0.2) is 0 Å². The van der Waals surface area contributed by atoms with Crippen LogP contribution in [0.2, 0.25) is 0 Å². The molecule has 0 aliphatic heterocycles. The molecule has 0 saturated carbocycles. The molecule has 0 saturated heterocycles. The number of hydrogen-bond donors (Lipinski definition) is 1. The predicted molar refractivity (Wildman–Crippen MR) is 116 cm³/mol. The Morgan fingerprint density at radius 2 is 0.880 bits per heavy atom. The van der Waals surface area contributed by atoms with Crippen molar-refractivity contribution in [1.82, 2.24) is 5.32 Å². The summed E-state index contributed by atoms with van der Waals surface area (Å²) >= 11 is 0. The molecule has 0 rings (SSSR count). The summed E-state index contributed by atoms with van der Waals surface area (Å²) in [6, 6.07) is 0. The molecule has 25 heavy (non-hydrogen) atoms. The van der Waals surface area contributed by atoms with Crippen molar-refractivity contribution in [1.29, 1.82) is 0 Å². The van der Waals surface area contributed by atoms with Gasteiger partial charge in [0.15, 0.2) is 0 Å². The fourth-order valence-corrected chi connectivity index (χ4v) is 4.19. The Morgan fingerprint density at radius 3 is 1.16 bits per heavy atom. The predicted octanol–water partition coefficient (Wildman–Crippen LogP) is 7.84. The molecule has 0 spiro atoms. The Kier molecular flexibility index (Phi) is 17.3. The monoisotopic (exact) mass is 353 g/mol. The van der Waals surface area contributed by atoms with Gasteiger partial charge in [-0.2, -0.15) is 0 Å². The van der Waals surface area contributed by atoms with Gasteiger partial charge in [0, 0.05) is 0 Å². The van der Waals surface area contributed by atoms with Gasteiger partial charge in [-0.1, -0.05) is 106 Å². The molecule has 0 aromatic rings. The molecule has 0 aliphatic rings. The topological polar surface area (TPSA) is 12.0 Å². The van der Waals surface area contributed by atoms with Crippen LogP contribution in [-0.2, 0) is 0 Å². The first kappa shape index (κ1) is 25.0. The molecule has 0 unspecified atom stereocenters. The number of nitrogens with one attached hydrogen (secondary N) is 1. The molecule has 1 N–H and O–H groups in total. The van der Waals surface area contributed by atoms with Gasteiger partial charge in [0.1, 0.15) is 0 Å². The van der Waals surface area contributed by atoms with Crippen LogP contribution in [0.25, 0.3) is 0 Å². The second-order valence-corrected chi connectivity index (χ2v) is 8.51. The molecule has 1 nitrogen and oxygen atoms in total. The highest BCUT2D eigenvalue weighted by Gasteiger charge is 2.16. The molecule has 152 valence electrons. The first-order valence-corrected chi connectivity index (χ1v) is 11.8. The Bertz CT molecular complexity index is 237. The van der Waals surface area contributed by atoms with E-state index < -0.39 is 0 Å². The molecule has 4 atom stereocenters. The van der Waals surface area contributed by atoms with Crippen LogP contribution >= 0.6 is 0 Å². The molecule has 1 heteroatoms. The molecule has 0 radical (unpaired) electrons. The molecule has 0 aromatic heterocycles. The van der Waals surface area contributed by atoms with E-state index in [1.165, 1.54) is 90.1 Å². The fraction of sp³-hybridized carbons (Fsp3) is 1.00. The van der Waals surface area contributed by atoms with Crippen molar-refractivity contribution in [3.8, 4) is 0 Å². The van der Waals surface area contributed by atoms with Gasteiger partial charge >= 0.3 is 0 Å². The average Bonchev–Trinajstić information content (AvgIpc) is 2.65. The zero-order valence-corrected chi connectivity index (χ0v) is 18.7. The fourth-order valence-electron chi connectivity index (χ4n) is 4.19. The second-order valence-electron chi connectivity index (χ2n) is 8.51. The maximum absolute atomic E-state index is 3.86. The van der Waals surface area contributed by atoms with Crippen molar-refractivity contribution >= 4 is 0 Å². The van der Waals surface area contributed by atoms with Crippen molar-refractivity contribution in [2.45, 2.75) is 119 Å². The van der Waals surface area contributed by atoms with Crippen LogP contribution in [0.5, 0.6) is 0 Å². The lowest BCUT2D eigenvalue weighted by Gasteiger charge is -2.25. The third kappa shape index (κ3) is 12.9. The SMILES string of the molecule is CCCC[C@@H](CC)C[C@H](CC)CNC[C@@H](CC)C[C@@H](CC)CCCC. The van der Waals surface area contributed by atoms with Gasteiger partial charge in [0.25, 0.3) is 0 Å². The Morgan fingerprint density at radius 1 is 0.520 bits per heavy atom. The van der Waals surface area contributed by atoms with Crippen LogP contribution in [0.3, 0.4) is 0 Å². The summed E-state index contributed by atoms with van der Waals surface area (Å²) in [6.07, 6.45) is 16.7. The zero-order chi connectivity index (χ0) is 18.9. The highest BCUT2D eigenvalue weighted by Crippen LogP contribution is 2.25. The van der Waals surface area contributed by atoms with E-state index >= 15 is 0 Å². The van der Waals surface area contributed by atoms with Crippen molar-refractivity contribution in [3.05, 3.63) is 0 Å². The molecular weight excluding hydrogens is 302 g/mol. The van der Waals surface area contributed by atoms with Gasteiger partial charge in [0.2, 0.25) is 0 Å². The number of unbranched alkanes of at least 4 members (excludes halogenated alkanes) is 2. The van der Waals surface area contributed by atoms with Crippen molar-refractivity contribution in [2.24, 2.45) is 23.7 Å². The van der Waals surface area contributed by atoms with Crippen LogP contribution in [-0.4, -0.2) is 13.1 Å². The standard InChI is InChI=1S/C24H51N/c1-7-13-15-21(9-3)17-23(11-5)19-25-20-24(12-6)18-22(10-4)16-14-8-2/h21-25H,7-20H2,1-6H3/t21-,22+,23-,24-/m0/s1. The molecule has 0 aromatic carbocycles. The quantitative estimate of drug-likeness (QED) is 0.264. The molecular formula is C24H51N. The summed E-state index contributed by atoms with van der Waals surface area (Å²) in [5.74, 6) is 3.65. The smallest absolute Gasteiger partial charge is 0.00204 e. The summed E-state index contributed by atoms with van der Waals surface area (Å²) in [5, 5.41) is 3.86. The van der Waals surface area contributed by atoms with Crippen molar-refractivity contribution in [2.75, 3.05) is 13.1 Å². The second kappa shape index (κ2) is 17.4. The van der Waals surface area contributed by atoms with Crippen LogP contribution in [0, 0.1) is 23.7 Å².